The molecule has 0 bridgehead atoms. The molecule has 0 amide bonds. The molecule has 30 heavy (non-hydrogen) atoms. The first kappa shape index (κ1) is 16.6. The van der Waals surface area contributed by atoms with Gasteiger partial charge in [-0.05, 0) is 38.1 Å². The van der Waals surface area contributed by atoms with Gasteiger partial charge < -0.3 is 14.7 Å². The Balaban J connectivity index is 2.00. The van der Waals surface area contributed by atoms with Crippen LogP contribution in [0.2, 0.25) is 0 Å². The standard InChI is InChI=1S/C23H22FN3O3/c1-23(2,29)11-10-15-6-4-8-18-16(15)14-30-13-12-27(18)21-20-17(24)7-5-9-19(20)26(3)22(28)25-21/h4-9,29H,12-14H2,1-3H3/i3D3. The van der Waals surface area contributed by atoms with Crippen molar-refractivity contribution in [1.29, 1.82) is 0 Å². The lowest BCUT2D eigenvalue weighted by Gasteiger charge is -2.25. The Labute approximate surface area is 177 Å². The van der Waals surface area contributed by atoms with Crippen LogP contribution in [-0.4, -0.2) is 33.4 Å². The van der Waals surface area contributed by atoms with Crippen LogP contribution in [0.25, 0.3) is 10.9 Å². The number of hydrogen-bond donors (Lipinski definition) is 1. The van der Waals surface area contributed by atoms with E-state index in [-0.39, 0.29) is 36.5 Å². The third-order valence-electron chi connectivity index (χ3n) is 4.76. The lowest BCUT2D eigenvalue weighted by Crippen LogP contribution is -2.28. The van der Waals surface area contributed by atoms with Crippen LogP contribution in [0.15, 0.2) is 41.2 Å². The molecule has 2 heterocycles. The van der Waals surface area contributed by atoms with Crippen molar-refractivity contribution in [2.45, 2.75) is 26.1 Å². The molecule has 0 atom stereocenters. The molecular formula is C23H22FN3O3. The smallest absolute Gasteiger partial charge is 0.349 e. The zero-order valence-corrected chi connectivity index (χ0v) is 16.6. The van der Waals surface area contributed by atoms with Crippen molar-refractivity contribution in [2.75, 3.05) is 18.1 Å². The second kappa shape index (κ2) is 7.56. The molecule has 1 aromatic heterocycles. The van der Waals surface area contributed by atoms with Crippen LogP contribution in [0.3, 0.4) is 0 Å². The number of fused-ring (bicyclic) bond motifs is 2. The lowest BCUT2D eigenvalue weighted by molar-refractivity contribution is 0.133. The van der Waals surface area contributed by atoms with Crippen LogP contribution in [0.1, 0.15) is 29.1 Å². The fraction of sp³-hybridized carbons (Fsp3) is 0.304. The van der Waals surface area contributed by atoms with Crippen molar-refractivity contribution in [3.8, 4) is 11.8 Å². The molecule has 2 aromatic carbocycles. The summed E-state index contributed by atoms with van der Waals surface area (Å²) in [6.07, 6.45) is 0. The Bertz CT molecular complexity index is 1350. The predicted octanol–water partition coefficient (Wildman–Crippen LogP) is 2.86. The molecule has 0 radical (unpaired) electrons. The molecule has 0 saturated heterocycles. The van der Waals surface area contributed by atoms with Crippen molar-refractivity contribution in [3.63, 3.8) is 0 Å². The van der Waals surface area contributed by atoms with Crippen molar-refractivity contribution in [1.82, 2.24) is 9.55 Å². The summed E-state index contributed by atoms with van der Waals surface area (Å²) in [5, 5.41) is 9.91. The van der Waals surface area contributed by atoms with E-state index >= 15 is 4.39 Å². The van der Waals surface area contributed by atoms with Crippen LogP contribution in [0.4, 0.5) is 15.9 Å². The molecule has 154 valence electrons. The van der Waals surface area contributed by atoms with E-state index in [0.29, 0.717) is 21.4 Å². The van der Waals surface area contributed by atoms with Gasteiger partial charge in [0, 0.05) is 34.4 Å². The highest BCUT2D eigenvalue weighted by atomic mass is 19.1. The maximum absolute atomic E-state index is 15.1. The van der Waals surface area contributed by atoms with Crippen LogP contribution in [0, 0.1) is 17.7 Å². The van der Waals surface area contributed by atoms with Gasteiger partial charge in [0.15, 0.2) is 5.82 Å². The number of rotatable bonds is 1. The monoisotopic (exact) mass is 410 g/mol. The SMILES string of the molecule is [2H]C([2H])([2H])n1c(=O)nc(N2CCOCc3c(C#CC(C)(C)O)cccc32)c2c(F)cccc21. The molecule has 1 N–H and O–H groups in total. The van der Waals surface area contributed by atoms with Crippen LogP contribution >= 0.6 is 0 Å². The second-order valence-corrected chi connectivity index (χ2v) is 7.50. The van der Waals surface area contributed by atoms with Crippen molar-refractivity contribution in [2.24, 2.45) is 6.98 Å². The second-order valence-electron chi connectivity index (χ2n) is 7.50. The van der Waals surface area contributed by atoms with E-state index < -0.39 is 24.1 Å². The number of hydrogen-bond acceptors (Lipinski definition) is 5. The quantitative estimate of drug-likeness (QED) is 0.625. The average molecular weight is 410 g/mol. The van der Waals surface area contributed by atoms with Crippen LogP contribution < -0.4 is 10.6 Å². The first-order valence-corrected chi connectivity index (χ1v) is 9.42. The summed E-state index contributed by atoms with van der Waals surface area (Å²) >= 11 is 0. The molecule has 0 aliphatic carbocycles. The van der Waals surface area contributed by atoms with Crippen LogP contribution in [0.5, 0.6) is 0 Å². The van der Waals surface area contributed by atoms with E-state index in [1.54, 1.807) is 36.9 Å². The molecule has 1 aliphatic heterocycles. The maximum atomic E-state index is 15.1. The van der Waals surface area contributed by atoms with Gasteiger partial charge in [-0.3, -0.25) is 4.57 Å². The average Bonchev–Trinajstić information content (AvgIpc) is 2.93. The fourth-order valence-corrected chi connectivity index (χ4v) is 3.40. The minimum atomic E-state index is -2.83. The number of aliphatic hydroxyl groups is 1. The van der Waals surface area contributed by atoms with Gasteiger partial charge in [-0.15, -0.1) is 0 Å². The van der Waals surface area contributed by atoms with E-state index in [1.165, 1.54) is 18.2 Å². The van der Waals surface area contributed by atoms with E-state index in [2.05, 4.69) is 16.8 Å². The Kier molecular flexibility index (Phi) is 4.18. The summed E-state index contributed by atoms with van der Waals surface area (Å²) in [5.74, 6) is 5.05. The molecule has 0 saturated carbocycles. The summed E-state index contributed by atoms with van der Waals surface area (Å²) in [7, 11) is 0. The highest BCUT2D eigenvalue weighted by Gasteiger charge is 2.24. The predicted molar refractivity (Wildman–Crippen MR) is 113 cm³/mol. The van der Waals surface area contributed by atoms with E-state index in [9.17, 15) is 9.90 Å². The number of aryl methyl sites for hydroxylation is 1. The Morgan fingerprint density at radius 2 is 2.10 bits per heavy atom. The molecule has 6 nitrogen and oxygen atoms in total. The number of ether oxygens (including phenoxy) is 1. The molecule has 1 aliphatic rings. The van der Waals surface area contributed by atoms with Gasteiger partial charge in [0.2, 0.25) is 0 Å². The molecule has 0 unspecified atom stereocenters. The number of anilines is 2. The molecule has 0 spiro atoms. The number of nitrogens with zero attached hydrogens (tertiary/aromatic N) is 3. The zero-order valence-electron chi connectivity index (χ0n) is 19.6. The number of benzene rings is 2. The molecule has 4 rings (SSSR count). The van der Waals surface area contributed by atoms with Crippen molar-refractivity contribution in [3.05, 3.63) is 63.8 Å². The topological polar surface area (TPSA) is 67.6 Å². The number of aromatic nitrogens is 2. The molecule has 3 aromatic rings. The van der Waals surface area contributed by atoms with Crippen molar-refractivity contribution < 1.29 is 18.3 Å². The summed E-state index contributed by atoms with van der Waals surface area (Å²) < 4.78 is 44.5. The van der Waals surface area contributed by atoms with Gasteiger partial charge in [0.25, 0.3) is 0 Å². The van der Waals surface area contributed by atoms with Gasteiger partial charge in [-0.25, -0.2) is 9.18 Å². The zero-order chi connectivity index (χ0) is 24.0. The maximum Gasteiger partial charge on any atom is 0.349 e. The fourth-order valence-electron chi connectivity index (χ4n) is 3.40. The first-order valence-electron chi connectivity index (χ1n) is 10.9. The lowest BCUT2D eigenvalue weighted by atomic mass is 10.0. The minimum absolute atomic E-state index is 0.00736. The highest BCUT2D eigenvalue weighted by molar-refractivity contribution is 5.92. The van der Waals surface area contributed by atoms with Gasteiger partial charge >= 0.3 is 5.69 Å². The molecule has 0 fully saturated rings. The van der Waals surface area contributed by atoms with E-state index in [4.69, 9.17) is 8.85 Å². The Morgan fingerprint density at radius 1 is 1.30 bits per heavy atom. The normalized spacial score (nSPS) is 16.0. The Hall–Kier alpha value is -3.21. The summed E-state index contributed by atoms with van der Waals surface area (Å²) in [4.78, 5) is 18.5. The highest BCUT2D eigenvalue weighted by Crippen LogP contribution is 2.35. The third-order valence-corrected chi connectivity index (χ3v) is 4.76. The van der Waals surface area contributed by atoms with Gasteiger partial charge in [0.05, 0.1) is 24.1 Å². The van der Waals surface area contributed by atoms with E-state index in [0.717, 1.165) is 0 Å². The van der Waals surface area contributed by atoms with Gasteiger partial charge in [0.1, 0.15) is 11.4 Å². The molecule has 7 heteroatoms. The van der Waals surface area contributed by atoms with Gasteiger partial charge in [-0.1, -0.05) is 24.0 Å². The minimum Gasteiger partial charge on any atom is -0.378 e. The van der Waals surface area contributed by atoms with E-state index in [1.807, 2.05) is 0 Å². The summed E-state index contributed by atoms with van der Waals surface area (Å²) in [6, 6.07) is 9.26. The van der Waals surface area contributed by atoms with Crippen molar-refractivity contribution >= 4 is 22.4 Å². The third kappa shape index (κ3) is 3.67. The first-order chi connectivity index (χ1) is 15.5. The Morgan fingerprint density at radius 3 is 2.87 bits per heavy atom. The largest absolute Gasteiger partial charge is 0.378 e. The van der Waals surface area contributed by atoms with Crippen LogP contribution in [-0.2, 0) is 18.3 Å². The number of halogens is 1. The summed E-state index contributed by atoms with van der Waals surface area (Å²) in [6.45, 7) is 1.05. The molecular weight excluding hydrogens is 385 g/mol. The summed E-state index contributed by atoms with van der Waals surface area (Å²) in [5.41, 5.74) is -0.366. The van der Waals surface area contributed by atoms with Gasteiger partial charge in [-0.2, -0.15) is 4.98 Å².